The second kappa shape index (κ2) is 9.97. The summed E-state index contributed by atoms with van der Waals surface area (Å²) in [7, 11) is 0. The summed E-state index contributed by atoms with van der Waals surface area (Å²) in [5.74, 6) is 0.802. The molecule has 0 aliphatic carbocycles. The normalized spacial score (nSPS) is 10.9. The number of hydrogen-bond acceptors (Lipinski definition) is 7. The number of aromatic nitrogens is 3. The molecule has 2 heterocycles. The first-order valence-corrected chi connectivity index (χ1v) is 11.9. The number of nitrogens with zero attached hydrogens (tertiary/aromatic N) is 3. The number of amides is 1. The average Bonchev–Trinajstić information content (AvgIpc) is 3.22. The smallest absolute Gasteiger partial charge is 0.275 e. The summed E-state index contributed by atoms with van der Waals surface area (Å²) in [5.41, 5.74) is 2.14. The average molecular weight is 467 g/mol. The van der Waals surface area contributed by atoms with Gasteiger partial charge in [0, 0.05) is 22.7 Å². The topological polar surface area (TPSA) is 85.6 Å². The van der Waals surface area contributed by atoms with Gasteiger partial charge < -0.3 is 10.1 Å². The highest BCUT2D eigenvalue weighted by Crippen LogP contribution is 2.21. The molecule has 0 saturated carbocycles. The van der Waals surface area contributed by atoms with Crippen LogP contribution in [0.4, 0.5) is 5.69 Å². The Morgan fingerprint density at radius 2 is 2.00 bits per heavy atom. The maximum absolute atomic E-state index is 12.3. The highest BCUT2D eigenvalue weighted by Gasteiger charge is 2.09. The lowest BCUT2D eigenvalue weighted by Crippen LogP contribution is -2.16. The van der Waals surface area contributed by atoms with Gasteiger partial charge >= 0.3 is 0 Å². The molecule has 2 aromatic carbocycles. The molecule has 0 radical (unpaired) electrons. The van der Waals surface area contributed by atoms with Gasteiger partial charge in [-0.2, -0.15) is 9.61 Å². The van der Waals surface area contributed by atoms with E-state index in [1.165, 1.54) is 39.2 Å². The van der Waals surface area contributed by atoms with Crippen molar-refractivity contribution < 1.29 is 9.53 Å². The number of aryl methyl sites for hydroxylation is 2. The van der Waals surface area contributed by atoms with Gasteiger partial charge in [-0.25, -0.2) is 4.98 Å². The third-order valence-electron chi connectivity index (χ3n) is 4.54. The minimum absolute atomic E-state index is 0.0928. The monoisotopic (exact) mass is 466 g/mol. The Balaban J connectivity index is 1.35. The number of thioether (sulfide) groups is 1. The molecular formula is C23H22N4O3S2. The molecule has 0 atom stereocenters. The van der Waals surface area contributed by atoms with Crippen molar-refractivity contribution in [3.63, 3.8) is 0 Å². The number of carbonyl (C=O) groups excluding carboxylic acids is 1. The lowest BCUT2D eigenvalue weighted by atomic mass is 10.2. The predicted octanol–water partition coefficient (Wildman–Crippen LogP) is 4.33. The van der Waals surface area contributed by atoms with E-state index in [1.54, 1.807) is 18.2 Å². The number of benzene rings is 2. The van der Waals surface area contributed by atoms with E-state index < -0.39 is 0 Å². The Bertz CT molecular complexity index is 1300. The maximum atomic E-state index is 12.3. The van der Waals surface area contributed by atoms with Crippen LogP contribution >= 0.6 is 23.1 Å². The maximum Gasteiger partial charge on any atom is 0.275 e. The Morgan fingerprint density at radius 1 is 1.19 bits per heavy atom. The first kappa shape index (κ1) is 22.0. The van der Waals surface area contributed by atoms with Crippen LogP contribution in [0.1, 0.15) is 23.2 Å². The zero-order chi connectivity index (χ0) is 22.5. The van der Waals surface area contributed by atoms with Gasteiger partial charge in [-0.3, -0.25) is 9.59 Å². The highest BCUT2D eigenvalue weighted by atomic mass is 32.2. The van der Waals surface area contributed by atoms with Crippen molar-refractivity contribution in [3.8, 4) is 5.75 Å². The van der Waals surface area contributed by atoms with Crippen LogP contribution in [0, 0.1) is 6.92 Å². The van der Waals surface area contributed by atoms with Crippen molar-refractivity contribution in [3.05, 3.63) is 81.2 Å². The molecule has 4 aromatic rings. The largest absolute Gasteiger partial charge is 0.487 e. The first-order chi connectivity index (χ1) is 15.5. The van der Waals surface area contributed by atoms with Crippen LogP contribution in [-0.4, -0.2) is 26.3 Å². The molecule has 0 aliphatic heterocycles. The summed E-state index contributed by atoms with van der Waals surface area (Å²) in [6.07, 6.45) is 0.751. The Labute approximate surface area is 193 Å². The molecule has 0 unspecified atom stereocenters. The molecule has 7 nitrogen and oxygen atoms in total. The van der Waals surface area contributed by atoms with Crippen molar-refractivity contribution in [2.24, 2.45) is 0 Å². The van der Waals surface area contributed by atoms with Gasteiger partial charge in [0.05, 0.1) is 11.4 Å². The number of ether oxygens (including phenoxy) is 1. The third kappa shape index (κ3) is 5.54. The quantitative estimate of drug-likeness (QED) is 0.389. The lowest BCUT2D eigenvalue weighted by Gasteiger charge is -2.09. The summed E-state index contributed by atoms with van der Waals surface area (Å²) >= 11 is 2.88. The zero-order valence-corrected chi connectivity index (χ0v) is 19.3. The van der Waals surface area contributed by atoms with Crippen LogP contribution < -0.4 is 15.6 Å². The van der Waals surface area contributed by atoms with E-state index in [9.17, 15) is 9.59 Å². The minimum Gasteiger partial charge on any atom is -0.487 e. The number of carbonyl (C=O) groups is 1. The summed E-state index contributed by atoms with van der Waals surface area (Å²) < 4.78 is 7.13. The summed E-state index contributed by atoms with van der Waals surface area (Å²) in [6.45, 7) is 4.16. The minimum atomic E-state index is -0.225. The zero-order valence-electron chi connectivity index (χ0n) is 17.7. The van der Waals surface area contributed by atoms with Crippen LogP contribution in [0.2, 0.25) is 0 Å². The molecule has 0 bridgehead atoms. The molecule has 32 heavy (non-hydrogen) atoms. The fraction of sp³-hybridized carbons (Fsp3) is 0.217. The molecule has 0 fully saturated rings. The molecule has 0 aliphatic rings. The van der Waals surface area contributed by atoms with Crippen LogP contribution in [0.25, 0.3) is 4.96 Å². The number of hydrogen-bond donors (Lipinski definition) is 1. The van der Waals surface area contributed by atoms with E-state index in [0.29, 0.717) is 27.8 Å². The standard InChI is InChI=1S/C23H22N4O3S2/c1-3-21-26-27-22(29)12-17(25-23(27)32-21)13-30-18-6-4-5-16(11-18)24-20(28)14-31-19-9-7-15(2)8-10-19/h4-12H,3,13-14H2,1-2H3,(H,24,28). The molecule has 0 saturated heterocycles. The SMILES string of the molecule is CCc1nn2c(=O)cc(COc3cccc(NC(=O)CSc4ccc(C)cc4)c3)nc2s1. The van der Waals surface area contributed by atoms with Crippen LogP contribution in [0.5, 0.6) is 5.75 Å². The number of nitrogens with one attached hydrogen (secondary N) is 1. The fourth-order valence-corrected chi connectivity index (χ4v) is 4.47. The van der Waals surface area contributed by atoms with Crippen molar-refractivity contribution in [2.45, 2.75) is 31.8 Å². The second-order valence-corrected chi connectivity index (χ2v) is 9.19. The Morgan fingerprint density at radius 3 is 2.78 bits per heavy atom. The summed E-state index contributed by atoms with van der Waals surface area (Å²) in [4.78, 5) is 30.6. The molecular weight excluding hydrogens is 444 g/mol. The van der Waals surface area contributed by atoms with E-state index in [0.717, 1.165) is 16.3 Å². The van der Waals surface area contributed by atoms with E-state index in [1.807, 2.05) is 44.2 Å². The van der Waals surface area contributed by atoms with Crippen LogP contribution in [0.15, 0.2) is 64.3 Å². The first-order valence-electron chi connectivity index (χ1n) is 10.1. The lowest BCUT2D eigenvalue weighted by molar-refractivity contribution is -0.113. The van der Waals surface area contributed by atoms with Gasteiger partial charge in [0.15, 0.2) is 0 Å². The highest BCUT2D eigenvalue weighted by molar-refractivity contribution is 8.00. The molecule has 1 amide bonds. The van der Waals surface area contributed by atoms with Crippen molar-refractivity contribution in [1.29, 1.82) is 0 Å². The van der Waals surface area contributed by atoms with Gasteiger partial charge in [0.25, 0.3) is 5.56 Å². The van der Waals surface area contributed by atoms with Crippen molar-refractivity contribution in [2.75, 3.05) is 11.1 Å². The number of rotatable bonds is 8. The Hall–Kier alpha value is -3.17. The van der Waals surface area contributed by atoms with E-state index in [4.69, 9.17) is 4.74 Å². The predicted molar refractivity (Wildman–Crippen MR) is 128 cm³/mol. The van der Waals surface area contributed by atoms with Gasteiger partial charge in [-0.05, 0) is 37.6 Å². The van der Waals surface area contributed by atoms with Crippen LogP contribution in [-0.2, 0) is 17.8 Å². The molecule has 1 N–H and O–H groups in total. The van der Waals surface area contributed by atoms with Gasteiger partial charge in [0.2, 0.25) is 10.9 Å². The van der Waals surface area contributed by atoms with E-state index in [2.05, 4.69) is 15.4 Å². The fourth-order valence-electron chi connectivity index (χ4n) is 2.91. The van der Waals surface area contributed by atoms with Gasteiger partial charge in [0.1, 0.15) is 17.4 Å². The molecule has 164 valence electrons. The molecule has 9 heteroatoms. The van der Waals surface area contributed by atoms with Crippen molar-refractivity contribution in [1.82, 2.24) is 14.6 Å². The Kier molecular flexibility index (Phi) is 6.87. The van der Waals surface area contributed by atoms with Gasteiger partial charge in [-0.1, -0.05) is 42.0 Å². The van der Waals surface area contributed by atoms with Crippen LogP contribution in [0.3, 0.4) is 0 Å². The van der Waals surface area contributed by atoms with E-state index >= 15 is 0 Å². The number of fused-ring (bicyclic) bond motifs is 1. The third-order valence-corrected chi connectivity index (χ3v) is 6.60. The summed E-state index contributed by atoms with van der Waals surface area (Å²) in [5, 5.41) is 7.99. The molecule has 4 rings (SSSR count). The summed E-state index contributed by atoms with van der Waals surface area (Å²) in [6, 6.07) is 16.7. The van der Waals surface area contributed by atoms with Crippen molar-refractivity contribution >= 4 is 39.7 Å². The molecule has 0 spiro atoms. The van der Waals surface area contributed by atoms with Gasteiger partial charge in [-0.15, -0.1) is 11.8 Å². The second-order valence-electron chi connectivity index (χ2n) is 7.10. The van der Waals surface area contributed by atoms with E-state index in [-0.39, 0.29) is 18.1 Å². The molecule has 2 aromatic heterocycles. The number of anilines is 1.